The number of hydrogen-bond donors (Lipinski definition) is 2. The molecule has 0 atom stereocenters. The van der Waals surface area contributed by atoms with Crippen molar-refractivity contribution in [3.05, 3.63) is 52.2 Å². The van der Waals surface area contributed by atoms with Crippen LogP contribution in [0.1, 0.15) is 20.0 Å². The van der Waals surface area contributed by atoms with Crippen molar-refractivity contribution in [1.82, 2.24) is 5.32 Å². The third kappa shape index (κ3) is 5.43. The molecule has 0 bridgehead atoms. The largest absolute Gasteiger partial charge is 0.483 e. The first-order valence-corrected chi connectivity index (χ1v) is 7.90. The normalized spacial score (nSPS) is 9.92. The van der Waals surface area contributed by atoms with Crippen molar-refractivity contribution in [1.29, 1.82) is 0 Å². The minimum Gasteiger partial charge on any atom is -0.483 e. The molecule has 8 nitrogen and oxygen atoms in total. The summed E-state index contributed by atoms with van der Waals surface area (Å²) in [6.07, 6.45) is 0. The molecule has 0 spiro atoms. The highest BCUT2D eigenvalue weighted by molar-refractivity contribution is 7.12. The SMILES string of the molecule is NC(=O)COc1ccccc1C(=O)OCC(=O)NC(=O)c1cccs1. The van der Waals surface area contributed by atoms with Crippen LogP contribution in [0.5, 0.6) is 5.75 Å². The van der Waals surface area contributed by atoms with Gasteiger partial charge in [-0.1, -0.05) is 18.2 Å². The molecule has 2 rings (SSSR count). The lowest BCUT2D eigenvalue weighted by molar-refractivity contribution is -0.123. The van der Waals surface area contributed by atoms with Gasteiger partial charge >= 0.3 is 5.97 Å². The van der Waals surface area contributed by atoms with E-state index in [0.29, 0.717) is 4.88 Å². The molecule has 0 saturated heterocycles. The maximum absolute atomic E-state index is 12.0. The smallest absolute Gasteiger partial charge is 0.342 e. The third-order valence-electron chi connectivity index (χ3n) is 2.81. The van der Waals surface area contributed by atoms with E-state index in [9.17, 15) is 19.2 Å². The molecule has 1 heterocycles. The van der Waals surface area contributed by atoms with Gasteiger partial charge in [0.25, 0.3) is 17.7 Å². The fourth-order valence-corrected chi connectivity index (χ4v) is 2.37. The number of rotatable bonds is 7. The van der Waals surface area contributed by atoms with Gasteiger partial charge in [0.15, 0.2) is 13.2 Å². The van der Waals surface area contributed by atoms with Gasteiger partial charge in [0.05, 0.1) is 4.88 Å². The summed E-state index contributed by atoms with van der Waals surface area (Å²) in [6.45, 7) is -1.04. The Bertz CT molecular complexity index is 788. The molecule has 3 amide bonds. The summed E-state index contributed by atoms with van der Waals surface area (Å²) in [4.78, 5) is 46.6. The van der Waals surface area contributed by atoms with Crippen LogP contribution < -0.4 is 15.8 Å². The van der Waals surface area contributed by atoms with Crippen molar-refractivity contribution in [2.75, 3.05) is 13.2 Å². The fraction of sp³-hybridized carbons (Fsp3) is 0.125. The molecule has 0 aliphatic heterocycles. The minimum atomic E-state index is -0.834. The molecule has 0 unspecified atom stereocenters. The van der Waals surface area contributed by atoms with E-state index in [1.807, 2.05) is 0 Å². The summed E-state index contributed by atoms with van der Waals surface area (Å²) in [5, 5.41) is 3.80. The van der Waals surface area contributed by atoms with Crippen LogP contribution in [0.3, 0.4) is 0 Å². The second-order valence-corrected chi connectivity index (χ2v) is 5.63. The topological polar surface area (TPSA) is 125 Å². The van der Waals surface area contributed by atoms with Crippen molar-refractivity contribution in [3.8, 4) is 5.75 Å². The van der Waals surface area contributed by atoms with Crippen LogP contribution in [0.25, 0.3) is 0 Å². The van der Waals surface area contributed by atoms with Gasteiger partial charge in [0, 0.05) is 0 Å². The number of hydrogen-bond acceptors (Lipinski definition) is 7. The van der Waals surface area contributed by atoms with Crippen LogP contribution in [0.15, 0.2) is 41.8 Å². The number of carbonyl (C=O) groups is 4. The lowest BCUT2D eigenvalue weighted by Gasteiger charge is -2.10. The van der Waals surface area contributed by atoms with Crippen LogP contribution in [-0.2, 0) is 14.3 Å². The molecule has 0 aliphatic rings. The van der Waals surface area contributed by atoms with Crippen molar-refractivity contribution in [2.45, 2.75) is 0 Å². The molecule has 130 valence electrons. The van der Waals surface area contributed by atoms with Gasteiger partial charge in [-0.15, -0.1) is 11.3 Å². The van der Waals surface area contributed by atoms with Crippen molar-refractivity contribution in [3.63, 3.8) is 0 Å². The summed E-state index contributed by atoms with van der Waals surface area (Å²) < 4.78 is 9.97. The van der Waals surface area contributed by atoms with E-state index in [2.05, 4.69) is 5.32 Å². The predicted molar refractivity (Wildman–Crippen MR) is 88.2 cm³/mol. The zero-order valence-corrected chi connectivity index (χ0v) is 13.7. The molecule has 0 radical (unpaired) electrons. The molecule has 0 saturated carbocycles. The zero-order valence-electron chi connectivity index (χ0n) is 12.9. The highest BCUT2D eigenvalue weighted by Gasteiger charge is 2.17. The van der Waals surface area contributed by atoms with Crippen LogP contribution in [-0.4, -0.2) is 36.9 Å². The van der Waals surface area contributed by atoms with E-state index < -0.39 is 36.9 Å². The Morgan fingerprint density at radius 1 is 1.04 bits per heavy atom. The number of amides is 3. The van der Waals surface area contributed by atoms with Gasteiger partial charge in [-0.2, -0.15) is 0 Å². The Kier molecular flexibility index (Phi) is 6.24. The number of carbonyl (C=O) groups excluding carboxylic acids is 4. The van der Waals surface area contributed by atoms with Gasteiger partial charge < -0.3 is 15.2 Å². The summed E-state index contributed by atoms with van der Waals surface area (Å²) in [6, 6.07) is 9.26. The van der Waals surface area contributed by atoms with Crippen LogP contribution in [0, 0.1) is 0 Å². The van der Waals surface area contributed by atoms with E-state index in [4.69, 9.17) is 15.2 Å². The van der Waals surface area contributed by atoms with Crippen LogP contribution in [0.2, 0.25) is 0 Å². The molecule has 0 fully saturated rings. The number of nitrogens with two attached hydrogens (primary N) is 1. The second kappa shape index (κ2) is 8.60. The number of ether oxygens (including phenoxy) is 2. The molecule has 2 aromatic rings. The molecule has 9 heteroatoms. The van der Waals surface area contributed by atoms with E-state index in [0.717, 1.165) is 0 Å². The number of para-hydroxylation sites is 1. The average Bonchev–Trinajstić information content (AvgIpc) is 3.13. The Hall–Kier alpha value is -3.20. The molecule has 25 heavy (non-hydrogen) atoms. The summed E-state index contributed by atoms with van der Waals surface area (Å²) in [7, 11) is 0. The number of primary amides is 1. The van der Waals surface area contributed by atoms with Gasteiger partial charge in [-0.25, -0.2) is 4.79 Å². The highest BCUT2D eigenvalue weighted by Crippen LogP contribution is 2.18. The lowest BCUT2D eigenvalue weighted by atomic mass is 10.2. The standard InChI is InChI=1S/C16H14N2O6S/c17-13(19)8-23-11-5-2-1-4-10(11)16(22)24-9-14(20)18-15(21)12-6-3-7-25-12/h1-7H,8-9H2,(H2,17,19)(H,18,20,21). The van der Waals surface area contributed by atoms with Gasteiger partial charge in [-0.3, -0.25) is 19.7 Å². The summed E-state index contributed by atoms with van der Waals surface area (Å²) >= 11 is 1.18. The first-order chi connectivity index (χ1) is 12.0. The molecule has 1 aromatic carbocycles. The summed E-state index contributed by atoms with van der Waals surface area (Å²) in [5.41, 5.74) is 5.02. The molecular formula is C16H14N2O6S. The molecule has 0 aliphatic carbocycles. The van der Waals surface area contributed by atoms with Crippen LogP contribution in [0.4, 0.5) is 0 Å². The minimum absolute atomic E-state index is 0.0288. The average molecular weight is 362 g/mol. The number of nitrogens with one attached hydrogen (secondary N) is 1. The highest BCUT2D eigenvalue weighted by atomic mass is 32.1. The van der Waals surface area contributed by atoms with E-state index >= 15 is 0 Å². The van der Waals surface area contributed by atoms with Crippen molar-refractivity contribution >= 4 is 35.0 Å². The first kappa shape index (κ1) is 18.1. The summed E-state index contributed by atoms with van der Waals surface area (Å²) in [5.74, 6) is -2.77. The molecular weight excluding hydrogens is 348 g/mol. The Labute approximate surface area is 146 Å². The quantitative estimate of drug-likeness (QED) is 0.700. The number of imide groups is 1. The Balaban J connectivity index is 1.90. The van der Waals surface area contributed by atoms with Crippen LogP contribution >= 0.6 is 11.3 Å². The fourth-order valence-electron chi connectivity index (χ4n) is 1.75. The maximum atomic E-state index is 12.0. The number of benzene rings is 1. The molecule has 1 aromatic heterocycles. The molecule has 3 N–H and O–H groups in total. The predicted octanol–water partition coefficient (Wildman–Crippen LogP) is 0.726. The van der Waals surface area contributed by atoms with Crippen molar-refractivity contribution in [2.24, 2.45) is 5.73 Å². The zero-order chi connectivity index (χ0) is 18.2. The van der Waals surface area contributed by atoms with E-state index in [1.165, 1.54) is 23.5 Å². The maximum Gasteiger partial charge on any atom is 0.342 e. The second-order valence-electron chi connectivity index (χ2n) is 4.68. The monoisotopic (exact) mass is 362 g/mol. The van der Waals surface area contributed by atoms with E-state index in [1.54, 1.807) is 29.6 Å². The number of thiophene rings is 1. The third-order valence-corrected chi connectivity index (χ3v) is 3.68. The van der Waals surface area contributed by atoms with Gasteiger partial charge in [0.1, 0.15) is 11.3 Å². The number of esters is 1. The Morgan fingerprint density at radius 2 is 1.80 bits per heavy atom. The lowest BCUT2D eigenvalue weighted by Crippen LogP contribution is -2.33. The first-order valence-electron chi connectivity index (χ1n) is 7.02. The van der Waals surface area contributed by atoms with E-state index in [-0.39, 0.29) is 11.3 Å². The Morgan fingerprint density at radius 3 is 2.48 bits per heavy atom. The van der Waals surface area contributed by atoms with Gasteiger partial charge in [0.2, 0.25) is 0 Å². The van der Waals surface area contributed by atoms with Gasteiger partial charge in [-0.05, 0) is 23.6 Å². The van der Waals surface area contributed by atoms with Crippen molar-refractivity contribution < 1.29 is 28.7 Å².